The Morgan fingerprint density at radius 1 is 1.22 bits per heavy atom. The highest BCUT2D eigenvalue weighted by Crippen LogP contribution is 2.34. The second kappa shape index (κ2) is 8.48. The number of carbonyl (C=O) groups is 1. The van der Waals surface area contributed by atoms with E-state index < -0.39 is 18.3 Å². The maximum absolute atomic E-state index is 13.4. The third kappa shape index (κ3) is 4.80. The fourth-order valence-electron chi connectivity index (χ4n) is 2.73. The molecule has 0 radical (unpaired) electrons. The fraction of sp³-hybridized carbons (Fsp3) is 0.500. The molecule has 0 saturated heterocycles. The lowest BCUT2D eigenvalue weighted by atomic mass is 9.98. The summed E-state index contributed by atoms with van der Waals surface area (Å²) in [4.78, 5) is 13.3. The zero-order chi connectivity index (χ0) is 16.8. The zero-order valence-electron chi connectivity index (χ0n) is 13.4. The van der Waals surface area contributed by atoms with E-state index in [9.17, 15) is 13.6 Å². The standard InChI is InChI=1S/C18H22F2O2S/c1-3-22-18(21)15(9-12-10-16(19)17(20)11-12)13-5-7-14(8-6-13)23-4-2/h5-9,12,16-17H,3-4,10-11H2,1-2H3/b15-9+/t12?,16-,17+. The topological polar surface area (TPSA) is 26.3 Å². The number of alkyl halides is 2. The highest BCUT2D eigenvalue weighted by molar-refractivity contribution is 7.99. The maximum atomic E-state index is 13.4. The van der Waals surface area contributed by atoms with Crippen LogP contribution in [-0.4, -0.2) is 30.7 Å². The van der Waals surface area contributed by atoms with Crippen LogP contribution >= 0.6 is 11.8 Å². The van der Waals surface area contributed by atoms with Crippen LogP contribution in [0.3, 0.4) is 0 Å². The summed E-state index contributed by atoms with van der Waals surface area (Å²) < 4.78 is 31.9. The molecule has 0 bridgehead atoms. The second-order valence-electron chi connectivity index (χ2n) is 5.52. The predicted octanol–water partition coefficient (Wildman–Crippen LogP) is 4.83. The molecule has 0 heterocycles. The number of benzene rings is 1. The van der Waals surface area contributed by atoms with Crippen LogP contribution < -0.4 is 0 Å². The quantitative estimate of drug-likeness (QED) is 0.421. The number of rotatable bonds is 6. The lowest BCUT2D eigenvalue weighted by Gasteiger charge is -2.11. The fourth-order valence-corrected chi connectivity index (χ4v) is 3.39. The van der Waals surface area contributed by atoms with Crippen molar-refractivity contribution in [3.63, 3.8) is 0 Å². The number of carbonyl (C=O) groups excluding carboxylic acids is 1. The van der Waals surface area contributed by atoms with Gasteiger partial charge in [-0.05, 0) is 49.1 Å². The van der Waals surface area contributed by atoms with Gasteiger partial charge in [-0.1, -0.05) is 25.1 Å². The van der Waals surface area contributed by atoms with E-state index >= 15 is 0 Å². The molecule has 1 saturated carbocycles. The Labute approximate surface area is 140 Å². The number of allylic oxidation sites excluding steroid dienone is 1. The molecule has 3 atom stereocenters. The van der Waals surface area contributed by atoms with Crippen LogP contribution in [0, 0.1) is 5.92 Å². The molecule has 1 aliphatic rings. The van der Waals surface area contributed by atoms with Gasteiger partial charge in [0.15, 0.2) is 0 Å². The molecule has 126 valence electrons. The Kier molecular flexibility index (Phi) is 6.63. The molecule has 0 spiro atoms. The largest absolute Gasteiger partial charge is 0.462 e. The minimum Gasteiger partial charge on any atom is -0.462 e. The highest BCUT2D eigenvalue weighted by Gasteiger charge is 2.34. The van der Waals surface area contributed by atoms with Gasteiger partial charge in [-0.3, -0.25) is 0 Å². The number of hydrogen-bond donors (Lipinski definition) is 0. The lowest BCUT2D eigenvalue weighted by molar-refractivity contribution is -0.136. The van der Waals surface area contributed by atoms with Crippen LogP contribution in [-0.2, 0) is 9.53 Å². The van der Waals surface area contributed by atoms with E-state index in [1.165, 1.54) is 0 Å². The van der Waals surface area contributed by atoms with Crippen molar-refractivity contribution in [2.45, 2.75) is 43.9 Å². The first-order valence-corrected chi connectivity index (χ1v) is 8.94. The van der Waals surface area contributed by atoms with E-state index in [-0.39, 0.29) is 25.4 Å². The van der Waals surface area contributed by atoms with E-state index in [0.717, 1.165) is 16.2 Å². The Bertz CT molecular complexity index is 547. The van der Waals surface area contributed by atoms with Gasteiger partial charge in [0.2, 0.25) is 0 Å². The van der Waals surface area contributed by atoms with Gasteiger partial charge in [0.1, 0.15) is 12.3 Å². The number of hydrogen-bond acceptors (Lipinski definition) is 3. The number of ether oxygens (including phenoxy) is 1. The van der Waals surface area contributed by atoms with Crippen LogP contribution in [0.5, 0.6) is 0 Å². The monoisotopic (exact) mass is 340 g/mol. The molecule has 1 aromatic rings. The van der Waals surface area contributed by atoms with E-state index in [4.69, 9.17) is 4.74 Å². The van der Waals surface area contributed by atoms with Crippen molar-refractivity contribution in [2.75, 3.05) is 12.4 Å². The van der Waals surface area contributed by atoms with E-state index in [1.807, 2.05) is 24.3 Å². The second-order valence-corrected chi connectivity index (χ2v) is 6.86. The van der Waals surface area contributed by atoms with Crippen molar-refractivity contribution in [1.82, 2.24) is 0 Å². The van der Waals surface area contributed by atoms with Crippen molar-refractivity contribution in [1.29, 1.82) is 0 Å². The molecule has 0 N–H and O–H groups in total. The molecular weight excluding hydrogens is 318 g/mol. The molecule has 0 aromatic heterocycles. The minimum atomic E-state index is -1.44. The average molecular weight is 340 g/mol. The summed E-state index contributed by atoms with van der Waals surface area (Å²) in [6.45, 7) is 4.08. The summed E-state index contributed by atoms with van der Waals surface area (Å²) in [5.41, 5.74) is 1.12. The molecule has 1 aliphatic carbocycles. The van der Waals surface area contributed by atoms with Crippen LogP contribution in [0.2, 0.25) is 0 Å². The van der Waals surface area contributed by atoms with Gasteiger partial charge in [-0.25, -0.2) is 13.6 Å². The number of esters is 1. The molecule has 5 heteroatoms. The lowest BCUT2D eigenvalue weighted by Crippen LogP contribution is -2.08. The van der Waals surface area contributed by atoms with Crippen LogP contribution in [0.4, 0.5) is 8.78 Å². The summed E-state index contributed by atoms with van der Waals surface area (Å²) in [6, 6.07) is 7.60. The van der Waals surface area contributed by atoms with Gasteiger partial charge in [-0.2, -0.15) is 0 Å². The first-order chi connectivity index (χ1) is 11.0. The van der Waals surface area contributed by atoms with Gasteiger partial charge in [0, 0.05) is 4.90 Å². The van der Waals surface area contributed by atoms with Crippen molar-refractivity contribution < 1.29 is 18.3 Å². The van der Waals surface area contributed by atoms with Gasteiger partial charge in [0.25, 0.3) is 0 Å². The van der Waals surface area contributed by atoms with Crippen molar-refractivity contribution in [3.05, 3.63) is 35.9 Å². The summed E-state index contributed by atoms with van der Waals surface area (Å²) in [7, 11) is 0. The van der Waals surface area contributed by atoms with Gasteiger partial charge in [0.05, 0.1) is 12.2 Å². The number of halogens is 2. The molecule has 1 fully saturated rings. The summed E-state index contributed by atoms with van der Waals surface area (Å²) >= 11 is 1.71. The Balaban J connectivity index is 2.25. The molecule has 0 amide bonds. The van der Waals surface area contributed by atoms with Crippen molar-refractivity contribution >= 4 is 23.3 Å². The molecule has 1 aromatic carbocycles. The van der Waals surface area contributed by atoms with Gasteiger partial charge < -0.3 is 4.74 Å². The third-order valence-electron chi connectivity index (χ3n) is 3.82. The molecule has 1 unspecified atom stereocenters. The van der Waals surface area contributed by atoms with Crippen LogP contribution in [0.25, 0.3) is 5.57 Å². The first-order valence-electron chi connectivity index (χ1n) is 7.95. The molecule has 23 heavy (non-hydrogen) atoms. The Morgan fingerprint density at radius 3 is 2.35 bits per heavy atom. The van der Waals surface area contributed by atoms with Crippen LogP contribution in [0.1, 0.15) is 32.3 Å². The maximum Gasteiger partial charge on any atom is 0.338 e. The third-order valence-corrected chi connectivity index (χ3v) is 4.72. The molecule has 2 rings (SSSR count). The predicted molar refractivity (Wildman–Crippen MR) is 90.0 cm³/mol. The average Bonchev–Trinajstić information content (AvgIpc) is 2.85. The highest BCUT2D eigenvalue weighted by atomic mass is 32.2. The van der Waals surface area contributed by atoms with Gasteiger partial charge >= 0.3 is 5.97 Å². The minimum absolute atomic E-state index is 0.119. The molecule has 2 nitrogen and oxygen atoms in total. The summed E-state index contributed by atoms with van der Waals surface area (Å²) in [5.74, 6) is 0.253. The Hall–Kier alpha value is -1.36. The Morgan fingerprint density at radius 2 is 1.83 bits per heavy atom. The van der Waals surface area contributed by atoms with E-state index in [0.29, 0.717) is 5.57 Å². The van der Waals surface area contributed by atoms with Crippen molar-refractivity contribution in [3.8, 4) is 0 Å². The molecular formula is C18H22F2O2S. The van der Waals surface area contributed by atoms with Crippen LogP contribution in [0.15, 0.2) is 35.2 Å². The number of thioether (sulfide) groups is 1. The summed E-state index contributed by atoms with van der Waals surface area (Å²) in [6.07, 6.45) is -0.973. The zero-order valence-corrected chi connectivity index (χ0v) is 14.2. The van der Waals surface area contributed by atoms with Gasteiger partial charge in [-0.15, -0.1) is 11.8 Å². The first kappa shape index (κ1) is 18.0. The van der Waals surface area contributed by atoms with E-state index in [2.05, 4.69) is 6.92 Å². The SMILES string of the molecule is CCOC(=O)/C(=C/C1C[C@@H](F)[C@@H](F)C1)c1ccc(SCC)cc1. The summed E-state index contributed by atoms with van der Waals surface area (Å²) in [5, 5.41) is 0. The van der Waals surface area contributed by atoms with E-state index in [1.54, 1.807) is 24.8 Å². The van der Waals surface area contributed by atoms with Crippen molar-refractivity contribution in [2.24, 2.45) is 5.92 Å². The molecule has 0 aliphatic heterocycles. The smallest absolute Gasteiger partial charge is 0.338 e. The normalized spacial score (nSPS) is 24.7.